The molecule has 2 nitrogen and oxygen atoms in total. The predicted molar refractivity (Wildman–Crippen MR) is 81.8 cm³/mol. The van der Waals surface area contributed by atoms with E-state index in [1.165, 1.54) is 6.07 Å². The summed E-state index contributed by atoms with van der Waals surface area (Å²) >= 11 is 3.36. The minimum absolute atomic E-state index is 0.00714. The van der Waals surface area contributed by atoms with E-state index in [-0.39, 0.29) is 18.5 Å². The van der Waals surface area contributed by atoms with Crippen molar-refractivity contribution in [1.29, 1.82) is 0 Å². The van der Waals surface area contributed by atoms with Gasteiger partial charge in [0.25, 0.3) is 0 Å². The molecule has 0 bridgehead atoms. The Kier molecular flexibility index (Phi) is 5.71. The molecule has 4 heteroatoms. The summed E-state index contributed by atoms with van der Waals surface area (Å²) in [6.45, 7) is 0.498. The third-order valence-corrected chi connectivity index (χ3v) is 3.95. The lowest BCUT2D eigenvalue weighted by Crippen LogP contribution is -2.22. The van der Waals surface area contributed by atoms with Crippen molar-refractivity contribution in [2.45, 2.75) is 19.0 Å². The highest BCUT2D eigenvalue weighted by Gasteiger charge is 2.12. The minimum atomic E-state index is -0.234. The summed E-state index contributed by atoms with van der Waals surface area (Å²) < 4.78 is 14.5. The van der Waals surface area contributed by atoms with E-state index in [9.17, 15) is 9.50 Å². The average Bonchev–Trinajstić information content (AvgIpc) is 2.46. The molecule has 0 aromatic heterocycles. The van der Waals surface area contributed by atoms with Gasteiger partial charge in [-0.25, -0.2) is 4.39 Å². The van der Waals surface area contributed by atoms with Gasteiger partial charge in [-0.1, -0.05) is 52.3 Å². The molecular formula is C16H17BrFNO. The van der Waals surface area contributed by atoms with Crippen LogP contribution in [0, 0.1) is 5.82 Å². The molecule has 2 aromatic rings. The highest BCUT2D eigenvalue weighted by Crippen LogP contribution is 2.22. The molecule has 1 atom stereocenters. The summed E-state index contributed by atoms with van der Waals surface area (Å²) in [6, 6.07) is 14.8. The van der Waals surface area contributed by atoms with Crippen molar-refractivity contribution in [3.05, 3.63) is 69.9 Å². The Morgan fingerprint density at radius 3 is 2.50 bits per heavy atom. The molecule has 0 saturated heterocycles. The summed E-state index contributed by atoms with van der Waals surface area (Å²) in [4.78, 5) is 0. The van der Waals surface area contributed by atoms with Gasteiger partial charge in [0, 0.05) is 29.2 Å². The highest BCUT2D eigenvalue weighted by atomic mass is 79.9. The molecule has 0 radical (unpaired) electrons. The number of hydrogen-bond acceptors (Lipinski definition) is 2. The Balaban J connectivity index is 2.10. The molecule has 2 N–H and O–H groups in total. The van der Waals surface area contributed by atoms with E-state index in [2.05, 4.69) is 21.2 Å². The monoisotopic (exact) mass is 337 g/mol. The van der Waals surface area contributed by atoms with Crippen molar-refractivity contribution in [2.75, 3.05) is 6.61 Å². The van der Waals surface area contributed by atoms with Crippen LogP contribution in [0.5, 0.6) is 0 Å². The van der Waals surface area contributed by atoms with Gasteiger partial charge in [0.2, 0.25) is 0 Å². The third kappa shape index (κ3) is 3.88. The number of aliphatic hydroxyl groups is 1. The lowest BCUT2D eigenvalue weighted by molar-refractivity contribution is 0.265. The fourth-order valence-corrected chi connectivity index (χ4v) is 2.61. The number of hydrogen-bond donors (Lipinski definition) is 2. The van der Waals surface area contributed by atoms with Crippen molar-refractivity contribution in [2.24, 2.45) is 0 Å². The maximum atomic E-state index is 13.8. The van der Waals surface area contributed by atoms with Crippen LogP contribution in [0.1, 0.15) is 23.6 Å². The molecule has 1 unspecified atom stereocenters. The second kappa shape index (κ2) is 7.53. The quantitative estimate of drug-likeness (QED) is 0.840. The van der Waals surface area contributed by atoms with Gasteiger partial charge in [-0.2, -0.15) is 0 Å². The first-order valence-electron chi connectivity index (χ1n) is 6.54. The summed E-state index contributed by atoms with van der Waals surface area (Å²) in [5, 5.41) is 12.5. The van der Waals surface area contributed by atoms with Crippen molar-refractivity contribution in [3.8, 4) is 0 Å². The van der Waals surface area contributed by atoms with Crippen LogP contribution >= 0.6 is 15.9 Å². The second-order valence-corrected chi connectivity index (χ2v) is 5.41. The van der Waals surface area contributed by atoms with E-state index in [4.69, 9.17) is 0 Å². The summed E-state index contributed by atoms with van der Waals surface area (Å²) in [7, 11) is 0. The Bertz CT molecular complexity index is 527. The fraction of sp³-hybridized carbons (Fsp3) is 0.250. The Morgan fingerprint density at radius 2 is 1.85 bits per heavy atom. The second-order valence-electron chi connectivity index (χ2n) is 4.56. The molecule has 106 valence electrons. The predicted octanol–water partition coefficient (Wildman–Crippen LogP) is 3.80. The van der Waals surface area contributed by atoms with E-state index in [0.29, 0.717) is 18.5 Å². The van der Waals surface area contributed by atoms with Crippen LogP contribution in [0.4, 0.5) is 4.39 Å². The SMILES string of the molecule is OCCC(NCc1c(F)cccc1Br)c1ccccc1. The number of benzene rings is 2. The van der Waals surface area contributed by atoms with Crippen molar-refractivity contribution in [3.63, 3.8) is 0 Å². The molecule has 0 heterocycles. The maximum absolute atomic E-state index is 13.8. The van der Waals surface area contributed by atoms with E-state index >= 15 is 0 Å². The molecule has 20 heavy (non-hydrogen) atoms. The summed E-state index contributed by atoms with van der Waals surface area (Å²) in [6.07, 6.45) is 0.593. The zero-order valence-corrected chi connectivity index (χ0v) is 12.6. The minimum Gasteiger partial charge on any atom is -0.396 e. The molecule has 0 aliphatic rings. The molecule has 0 aliphatic carbocycles. The van der Waals surface area contributed by atoms with Crippen LogP contribution in [0.25, 0.3) is 0 Å². The lowest BCUT2D eigenvalue weighted by atomic mass is 10.0. The molecule has 0 aliphatic heterocycles. The first-order chi connectivity index (χ1) is 9.72. The van der Waals surface area contributed by atoms with Crippen LogP contribution in [-0.2, 0) is 6.54 Å². The Labute approximate surface area is 126 Å². The van der Waals surface area contributed by atoms with Gasteiger partial charge in [-0.05, 0) is 24.1 Å². The lowest BCUT2D eigenvalue weighted by Gasteiger charge is -2.19. The van der Waals surface area contributed by atoms with Crippen LogP contribution in [0.15, 0.2) is 53.0 Å². The maximum Gasteiger partial charge on any atom is 0.128 e. The highest BCUT2D eigenvalue weighted by molar-refractivity contribution is 9.10. The van der Waals surface area contributed by atoms with E-state index in [1.54, 1.807) is 6.07 Å². The molecule has 0 fully saturated rings. The number of rotatable bonds is 6. The van der Waals surface area contributed by atoms with Gasteiger partial charge in [0.1, 0.15) is 5.82 Å². The summed E-state index contributed by atoms with van der Waals surface area (Å²) in [5.74, 6) is -0.234. The number of aliphatic hydroxyl groups excluding tert-OH is 1. The fourth-order valence-electron chi connectivity index (χ4n) is 2.13. The molecule has 0 spiro atoms. The van der Waals surface area contributed by atoms with Gasteiger partial charge >= 0.3 is 0 Å². The Hall–Kier alpha value is -1.23. The first kappa shape index (κ1) is 15.2. The van der Waals surface area contributed by atoms with Crippen LogP contribution < -0.4 is 5.32 Å². The van der Waals surface area contributed by atoms with Crippen LogP contribution in [0.3, 0.4) is 0 Å². The van der Waals surface area contributed by atoms with Crippen LogP contribution in [-0.4, -0.2) is 11.7 Å². The van der Waals surface area contributed by atoms with Crippen LogP contribution in [0.2, 0.25) is 0 Å². The van der Waals surface area contributed by atoms with Gasteiger partial charge in [0.05, 0.1) is 0 Å². The van der Waals surface area contributed by atoms with Gasteiger partial charge in [-0.15, -0.1) is 0 Å². The van der Waals surface area contributed by atoms with Gasteiger partial charge in [-0.3, -0.25) is 0 Å². The zero-order chi connectivity index (χ0) is 14.4. The molecule has 0 amide bonds. The van der Waals surface area contributed by atoms with Crippen molar-refractivity contribution >= 4 is 15.9 Å². The molecule has 2 rings (SSSR count). The van der Waals surface area contributed by atoms with E-state index in [1.807, 2.05) is 36.4 Å². The average molecular weight is 338 g/mol. The van der Waals surface area contributed by atoms with Gasteiger partial charge < -0.3 is 10.4 Å². The topological polar surface area (TPSA) is 32.3 Å². The molecular weight excluding hydrogens is 321 g/mol. The van der Waals surface area contributed by atoms with Crippen molar-refractivity contribution in [1.82, 2.24) is 5.32 Å². The first-order valence-corrected chi connectivity index (χ1v) is 7.33. The molecule has 0 saturated carbocycles. The smallest absolute Gasteiger partial charge is 0.128 e. The largest absolute Gasteiger partial charge is 0.396 e. The number of nitrogens with one attached hydrogen (secondary N) is 1. The standard InChI is InChI=1S/C16H17BrFNO/c17-14-7-4-8-15(18)13(14)11-19-16(9-10-20)12-5-2-1-3-6-12/h1-8,16,19-20H,9-11H2. The summed E-state index contributed by atoms with van der Waals surface area (Å²) in [5.41, 5.74) is 1.69. The Morgan fingerprint density at radius 1 is 1.10 bits per heavy atom. The van der Waals surface area contributed by atoms with E-state index < -0.39 is 0 Å². The third-order valence-electron chi connectivity index (χ3n) is 3.21. The van der Waals surface area contributed by atoms with Gasteiger partial charge in [0.15, 0.2) is 0 Å². The zero-order valence-electron chi connectivity index (χ0n) is 11.0. The molecule has 2 aromatic carbocycles. The number of halogens is 2. The van der Waals surface area contributed by atoms with E-state index in [0.717, 1.165) is 10.0 Å². The normalized spacial score (nSPS) is 12.3. The van der Waals surface area contributed by atoms with Crippen molar-refractivity contribution < 1.29 is 9.50 Å².